The third-order valence-electron chi connectivity index (χ3n) is 3.36. The van der Waals surface area contributed by atoms with Crippen molar-refractivity contribution in [3.8, 4) is 5.75 Å². The van der Waals surface area contributed by atoms with Crippen LogP contribution in [0.3, 0.4) is 0 Å². The van der Waals surface area contributed by atoms with E-state index in [1.807, 2.05) is 13.8 Å². The van der Waals surface area contributed by atoms with Gasteiger partial charge in [-0.15, -0.1) is 0 Å². The van der Waals surface area contributed by atoms with E-state index in [2.05, 4.69) is 15.9 Å². The molecule has 0 saturated heterocycles. The highest BCUT2D eigenvalue weighted by Gasteiger charge is 2.27. The predicted molar refractivity (Wildman–Crippen MR) is 69.6 cm³/mol. The van der Waals surface area contributed by atoms with Crippen LogP contribution in [-0.4, -0.2) is 5.11 Å². The fourth-order valence-corrected chi connectivity index (χ4v) is 2.58. The zero-order chi connectivity index (χ0) is 11.9. The maximum absolute atomic E-state index is 10.00. The minimum atomic E-state index is -0.0376. The van der Waals surface area contributed by atoms with Crippen LogP contribution in [0.4, 0.5) is 0 Å². The highest BCUT2D eigenvalue weighted by molar-refractivity contribution is 9.10. The van der Waals surface area contributed by atoms with Crippen LogP contribution in [0.2, 0.25) is 0 Å². The average Bonchev–Trinajstić information content (AvgIpc) is 2.98. The number of hydrogen-bond donors (Lipinski definition) is 2. The summed E-state index contributed by atoms with van der Waals surface area (Å²) in [5, 5.41) is 10.00. The van der Waals surface area contributed by atoms with E-state index in [-0.39, 0.29) is 6.04 Å². The molecule has 0 aliphatic heterocycles. The van der Waals surface area contributed by atoms with Gasteiger partial charge in [0.25, 0.3) is 0 Å². The first-order chi connectivity index (χ1) is 7.50. The molecule has 3 heteroatoms. The van der Waals surface area contributed by atoms with E-state index in [1.54, 1.807) is 6.07 Å². The summed E-state index contributed by atoms with van der Waals surface area (Å²) in [6.45, 7) is 3.99. The van der Waals surface area contributed by atoms with Gasteiger partial charge < -0.3 is 10.8 Å². The number of phenolic OH excluding ortho intramolecular Hbond substituents is 1. The molecule has 0 aromatic heterocycles. The van der Waals surface area contributed by atoms with E-state index in [0.717, 1.165) is 33.5 Å². The highest BCUT2D eigenvalue weighted by Crippen LogP contribution is 2.41. The van der Waals surface area contributed by atoms with Gasteiger partial charge in [-0.05, 0) is 43.4 Å². The zero-order valence-corrected chi connectivity index (χ0v) is 11.3. The second-order valence-corrected chi connectivity index (χ2v) is 5.64. The van der Waals surface area contributed by atoms with Crippen LogP contribution >= 0.6 is 15.9 Å². The van der Waals surface area contributed by atoms with Crippen LogP contribution in [-0.2, 0) is 0 Å². The smallest absolute Gasteiger partial charge is 0.120 e. The van der Waals surface area contributed by atoms with E-state index in [9.17, 15) is 5.11 Å². The molecule has 1 atom stereocenters. The van der Waals surface area contributed by atoms with E-state index in [1.165, 1.54) is 12.8 Å². The summed E-state index contributed by atoms with van der Waals surface area (Å²) in [6, 6.07) is 1.75. The minimum absolute atomic E-state index is 0.0376. The quantitative estimate of drug-likeness (QED) is 0.891. The molecular weight excluding hydrogens is 266 g/mol. The minimum Gasteiger partial charge on any atom is -0.508 e. The third kappa shape index (κ3) is 2.25. The lowest BCUT2D eigenvalue weighted by molar-refractivity contribution is 0.453. The fraction of sp³-hybridized carbons (Fsp3) is 0.538. The van der Waals surface area contributed by atoms with Crippen molar-refractivity contribution in [3.05, 3.63) is 27.2 Å². The van der Waals surface area contributed by atoms with Gasteiger partial charge in [-0.25, -0.2) is 0 Å². The Kier molecular flexibility index (Phi) is 3.27. The van der Waals surface area contributed by atoms with E-state index >= 15 is 0 Å². The Morgan fingerprint density at radius 2 is 2.12 bits per heavy atom. The fourth-order valence-electron chi connectivity index (χ4n) is 2.25. The zero-order valence-electron chi connectivity index (χ0n) is 9.76. The molecule has 2 rings (SSSR count). The molecule has 1 aromatic rings. The Labute approximate surface area is 105 Å². The first kappa shape index (κ1) is 11.9. The Balaban J connectivity index is 2.34. The summed E-state index contributed by atoms with van der Waals surface area (Å²) in [7, 11) is 0. The number of hydrogen-bond acceptors (Lipinski definition) is 2. The number of halogens is 1. The molecule has 2 nitrogen and oxygen atoms in total. The second-order valence-electron chi connectivity index (χ2n) is 4.85. The van der Waals surface area contributed by atoms with Crippen molar-refractivity contribution < 1.29 is 5.11 Å². The molecule has 0 amide bonds. The normalized spacial score (nSPS) is 17.5. The van der Waals surface area contributed by atoms with E-state index in [0.29, 0.717) is 5.75 Å². The number of nitrogens with two attached hydrogens (primary N) is 1. The number of phenols is 1. The molecule has 0 unspecified atom stereocenters. The van der Waals surface area contributed by atoms with Gasteiger partial charge in [0.2, 0.25) is 0 Å². The molecule has 88 valence electrons. The van der Waals surface area contributed by atoms with Crippen molar-refractivity contribution >= 4 is 15.9 Å². The molecule has 0 spiro atoms. The van der Waals surface area contributed by atoms with E-state index in [4.69, 9.17) is 5.73 Å². The third-order valence-corrected chi connectivity index (χ3v) is 4.58. The number of aryl methyl sites for hydroxylation is 1. The summed E-state index contributed by atoms with van der Waals surface area (Å²) in [6.07, 6.45) is 3.57. The van der Waals surface area contributed by atoms with Crippen molar-refractivity contribution in [2.24, 2.45) is 11.7 Å². The highest BCUT2D eigenvalue weighted by atomic mass is 79.9. The predicted octanol–water partition coefficient (Wildman–Crippen LogP) is 3.57. The van der Waals surface area contributed by atoms with Crippen molar-refractivity contribution in [2.45, 2.75) is 39.2 Å². The molecule has 0 bridgehead atoms. The SMILES string of the molecule is Cc1cc(O)c([C@@H](N)CC2CC2)c(C)c1Br. The van der Waals surface area contributed by atoms with Crippen LogP contribution in [0.25, 0.3) is 0 Å². The van der Waals surface area contributed by atoms with Crippen LogP contribution in [0.1, 0.15) is 42.0 Å². The van der Waals surface area contributed by atoms with Crippen molar-refractivity contribution in [1.29, 1.82) is 0 Å². The van der Waals surface area contributed by atoms with Crippen molar-refractivity contribution in [1.82, 2.24) is 0 Å². The lowest BCUT2D eigenvalue weighted by Crippen LogP contribution is -2.13. The van der Waals surface area contributed by atoms with Crippen LogP contribution in [0.15, 0.2) is 10.5 Å². The van der Waals surface area contributed by atoms with Crippen LogP contribution < -0.4 is 5.73 Å². The molecule has 16 heavy (non-hydrogen) atoms. The monoisotopic (exact) mass is 283 g/mol. The Hall–Kier alpha value is -0.540. The first-order valence-electron chi connectivity index (χ1n) is 5.74. The number of aromatic hydroxyl groups is 1. The van der Waals surface area contributed by atoms with Crippen LogP contribution in [0.5, 0.6) is 5.75 Å². The maximum atomic E-state index is 10.00. The summed E-state index contributed by atoms with van der Waals surface area (Å²) in [5.74, 6) is 1.11. The molecule has 1 aliphatic rings. The van der Waals surface area contributed by atoms with Crippen molar-refractivity contribution in [3.63, 3.8) is 0 Å². The molecule has 0 heterocycles. The summed E-state index contributed by atoms with van der Waals surface area (Å²) in [5.41, 5.74) is 9.21. The number of rotatable bonds is 3. The lowest BCUT2D eigenvalue weighted by Gasteiger charge is -2.18. The molecule has 0 radical (unpaired) electrons. The van der Waals surface area contributed by atoms with Gasteiger partial charge in [0.1, 0.15) is 5.75 Å². The van der Waals surface area contributed by atoms with Gasteiger partial charge in [-0.1, -0.05) is 28.8 Å². The second kappa shape index (κ2) is 4.38. The molecule has 3 N–H and O–H groups in total. The summed E-state index contributed by atoms with van der Waals surface area (Å²) < 4.78 is 1.06. The van der Waals surface area contributed by atoms with E-state index < -0.39 is 0 Å². The van der Waals surface area contributed by atoms with Gasteiger partial charge in [0.15, 0.2) is 0 Å². The first-order valence-corrected chi connectivity index (χ1v) is 6.54. The Bertz CT molecular complexity index is 413. The molecular formula is C13H18BrNO. The van der Waals surface area contributed by atoms with Gasteiger partial charge >= 0.3 is 0 Å². The average molecular weight is 284 g/mol. The van der Waals surface area contributed by atoms with Crippen molar-refractivity contribution in [2.75, 3.05) is 0 Å². The maximum Gasteiger partial charge on any atom is 0.120 e. The molecule has 1 saturated carbocycles. The van der Waals surface area contributed by atoms with Crippen LogP contribution in [0, 0.1) is 19.8 Å². The number of benzene rings is 1. The topological polar surface area (TPSA) is 46.2 Å². The van der Waals surface area contributed by atoms with Gasteiger partial charge in [0.05, 0.1) is 0 Å². The molecule has 1 aromatic carbocycles. The van der Waals surface area contributed by atoms with Gasteiger partial charge in [-0.2, -0.15) is 0 Å². The molecule has 1 fully saturated rings. The largest absolute Gasteiger partial charge is 0.508 e. The summed E-state index contributed by atoms with van der Waals surface area (Å²) in [4.78, 5) is 0. The Morgan fingerprint density at radius 3 is 2.69 bits per heavy atom. The van der Waals surface area contributed by atoms with Gasteiger partial charge in [-0.3, -0.25) is 0 Å². The standard InChI is InChI=1S/C13H18BrNO/c1-7-5-11(16)12(8(2)13(7)14)10(15)6-9-3-4-9/h5,9-10,16H,3-4,6,15H2,1-2H3/t10-/m0/s1. The Morgan fingerprint density at radius 1 is 1.50 bits per heavy atom. The lowest BCUT2D eigenvalue weighted by atomic mass is 9.95. The summed E-state index contributed by atoms with van der Waals surface area (Å²) >= 11 is 3.55. The van der Waals surface area contributed by atoms with Gasteiger partial charge in [0, 0.05) is 16.1 Å². The molecule has 1 aliphatic carbocycles.